The van der Waals surface area contributed by atoms with Gasteiger partial charge in [-0.05, 0) is 0 Å². The lowest BCUT2D eigenvalue weighted by Gasteiger charge is -2.04. The monoisotopic (exact) mass is 252 g/mol. The number of aromatic amines is 1. The molecule has 3 N–H and O–H groups in total. The molecule has 0 saturated carbocycles. The maximum absolute atomic E-state index is 12.3. The average Bonchev–Trinajstić information content (AvgIpc) is 2.04. The summed E-state index contributed by atoms with van der Waals surface area (Å²) in [4.78, 5) is 13.7. The SMILES string of the molecule is Nc1[nH]cc(CBr)c(=O)c1C(F)F. The van der Waals surface area contributed by atoms with Crippen LogP contribution in [0, 0.1) is 0 Å². The number of halogens is 3. The van der Waals surface area contributed by atoms with Crippen molar-refractivity contribution in [2.24, 2.45) is 0 Å². The standard InChI is InChI=1S/C7H7BrF2N2O/c8-1-3-2-12-7(11)4(5(3)13)6(9)10/h2,6H,1H2,(H3,11,12,13). The Kier molecular flexibility index (Phi) is 3.02. The number of nitrogens with two attached hydrogens (primary N) is 1. The summed E-state index contributed by atoms with van der Waals surface area (Å²) in [6.45, 7) is 0. The fourth-order valence-electron chi connectivity index (χ4n) is 0.919. The van der Waals surface area contributed by atoms with Crippen LogP contribution >= 0.6 is 15.9 Å². The predicted molar refractivity (Wildman–Crippen MR) is 49.1 cm³/mol. The topological polar surface area (TPSA) is 58.9 Å². The number of hydrogen-bond donors (Lipinski definition) is 2. The smallest absolute Gasteiger partial charge is 0.271 e. The summed E-state index contributed by atoms with van der Waals surface area (Å²) in [5.74, 6) is -0.273. The maximum atomic E-state index is 12.3. The molecule has 1 heterocycles. The van der Waals surface area contributed by atoms with Crippen LogP contribution in [0.5, 0.6) is 0 Å². The fourth-order valence-corrected chi connectivity index (χ4v) is 1.34. The lowest BCUT2D eigenvalue weighted by Crippen LogP contribution is -2.17. The number of anilines is 1. The van der Waals surface area contributed by atoms with Crippen molar-refractivity contribution in [3.8, 4) is 0 Å². The predicted octanol–water partition coefficient (Wildman–Crippen LogP) is 1.79. The van der Waals surface area contributed by atoms with Crippen molar-refractivity contribution in [1.29, 1.82) is 0 Å². The van der Waals surface area contributed by atoms with E-state index in [0.717, 1.165) is 0 Å². The van der Waals surface area contributed by atoms with E-state index in [4.69, 9.17) is 5.73 Å². The number of hydrogen-bond acceptors (Lipinski definition) is 2. The Hall–Kier alpha value is -0.910. The maximum Gasteiger partial charge on any atom is 0.271 e. The molecule has 0 unspecified atom stereocenters. The first kappa shape index (κ1) is 10.2. The number of rotatable bonds is 2. The summed E-state index contributed by atoms with van der Waals surface area (Å²) in [6.07, 6.45) is -1.53. The molecule has 0 atom stereocenters. The Balaban J connectivity index is 3.39. The van der Waals surface area contributed by atoms with E-state index in [9.17, 15) is 13.6 Å². The first-order valence-corrected chi connectivity index (χ1v) is 4.54. The highest BCUT2D eigenvalue weighted by Gasteiger charge is 2.17. The molecule has 1 aromatic rings. The van der Waals surface area contributed by atoms with Gasteiger partial charge in [-0.15, -0.1) is 0 Å². The van der Waals surface area contributed by atoms with Crippen LogP contribution in [0.25, 0.3) is 0 Å². The summed E-state index contributed by atoms with van der Waals surface area (Å²) in [5.41, 5.74) is 4.07. The minimum atomic E-state index is -2.84. The Labute approximate surface area is 81.1 Å². The minimum Gasteiger partial charge on any atom is -0.385 e. The van der Waals surface area contributed by atoms with E-state index < -0.39 is 17.4 Å². The van der Waals surface area contributed by atoms with Crippen LogP contribution in [0.15, 0.2) is 11.0 Å². The fraction of sp³-hybridized carbons (Fsp3) is 0.286. The first-order chi connectivity index (χ1) is 6.07. The van der Waals surface area contributed by atoms with Gasteiger partial charge in [0.15, 0.2) is 5.43 Å². The molecular weight excluding hydrogens is 246 g/mol. The molecule has 0 spiro atoms. The lowest BCUT2D eigenvalue weighted by molar-refractivity contribution is 0.150. The van der Waals surface area contributed by atoms with E-state index in [2.05, 4.69) is 20.9 Å². The summed E-state index contributed by atoms with van der Waals surface area (Å²) < 4.78 is 24.6. The first-order valence-electron chi connectivity index (χ1n) is 3.42. The van der Waals surface area contributed by atoms with Crippen LogP contribution in [-0.2, 0) is 5.33 Å². The third-order valence-electron chi connectivity index (χ3n) is 1.59. The normalized spacial score (nSPS) is 10.8. The molecule has 0 aliphatic rings. The van der Waals surface area contributed by atoms with E-state index in [1.54, 1.807) is 0 Å². The molecule has 0 aromatic carbocycles. The third-order valence-corrected chi connectivity index (χ3v) is 2.19. The number of alkyl halides is 3. The van der Waals surface area contributed by atoms with E-state index >= 15 is 0 Å². The van der Waals surface area contributed by atoms with Gasteiger partial charge in [-0.3, -0.25) is 4.79 Å². The summed E-state index contributed by atoms with van der Waals surface area (Å²) >= 11 is 3.01. The van der Waals surface area contributed by atoms with Crippen molar-refractivity contribution in [3.63, 3.8) is 0 Å². The van der Waals surface area contributed by atoms with Crippen molar-refractivity contribution in [1.82, 2.24) is 4.98 Å². The molecule has 72 valence electrons. The molecule has 13 heavy (non-hydrogen) atoms. The highest BCUT2D eigenvalue weighted by Crippen LogP contribution is 2.20. The molecule has 0 bridgehead atoms. The van der Waals surface area contributed by atoms with Gasteiger partial charge in [0, 0.05) is 17.1 Å². The van der Waals surface area contributed by atoms with Gasteiger partial charge in [0.2, 0.25) is 0 Å². The van der Waals surface area contributed by atoms with Gasteiger partial charge in [-0.1, -0.05) is 15.9 Å². The minimum absolute atomic E-state index is 0.225. The van der Waals surface area contributed by atoms with Crippen LogP contribution in [0.4, 0.5) is 14.6 Å². The van der Waals surface area contributed by atoms with E-state index in [1.807, 2.05) is 0 Å². The van der Waals surface area contributed by atoms with Gasteiger partial charge in [-0.2, -0.15) is 0 Å². The zero-order chi connectivity index (χ0) is 10.0. The van der Waals surface area contributed by atoms with Gasteiger partial charge in [0.05, 0.1) is 0 Å². The second-order valence-corrected chi connectivity index (χ2v) is 2.97. The molecule has 0 saturated heterocycles. The van der Waals surface area contributed by atoms with E-state index in [-0.39, 0.29) is 16.7 Å². The number of aromatic nitrogens is 1. The van der Waals surface area contributed by atoms with Crippen LogP contribution in [0.2, 0.25) is 0 Å². The zero-order valence-electron chi connectivity index (χ0n) is 6.48. The molecule has 6 heteroatoms. The Morgan fingerprint density at radius 2 is 2.23 bits per heavy atom. The summed E-state index contributed by atoms with van der Waals surface area (Å²) in [6, 6.07) is 0. The van der Waals surface area contributed by atoms with Crippen molar-refractivity contribution in [3.05, 3.63) is 27.5 Å². The molecule has 1 rings (SSSR count). The largest absolute Gasteiger partial charge is 0.385 e. The molecule has 0 fully saturated rings. The van der Waals surface area contributed by atoms with Crippen molar-refractivity contribution < 1.29 is 8.78 Å². The summed E-state index contributed by atoms with van der Waals surface area (Å²) in [7, 11) is 0. The molecule has 3 nitrogen and oxygen atoms in total. The quantitative estimate of drug-likeness (QED) is 0.789. The highest BCUT2D eigenvalue weighted by atomic mass is 79.9. The van der Waals surface area contributed by atoms with Crippen LogP contribution in [0.1, 0.15) is 17.6 Å². The number of pyridine rings is 1. The zero-order valence-corrected chi connectivity index (χ0v) is 8.07. The van der Waals surface area contributed by atoms with Gasteiger partial charge in [0.25, 0.3) is 6.43 Å². The second kappa shape index (κ2) is 3.87. The third kappa shape index (κ3) is 1.88. The molecule has 0 radical (unpaired) electrons. The van der Waals surface area contributed by atoms with E-state index in [0.29, 0.717) is 0 Å². The van der Waals surface area contributed by atoms with Crippen LogP contribution in [-0.4, -0.2) is 4.98 Å². The van der Waals surface area contributed by atoms with Gasteiger partial charge < -0.3 is 10.7 Å². The van der Waals surface area contributed by atoms with Gasteiger partial charge in [0.1, 0.15) is 11.4 Å². The molecule has 0 aliphatic carbocycles. The Morgan fingerprint density at radius 1 is 1.62 bits per heavy atom. The molecule has 0 amide bonds. The number of nitrogens with one attached hydrogen (secondary N) is 1. The highest BCUT2D eigenvalue weighted by molar-refractivity contribution is 9.08. The Bertz CT molecular complexity index is 364. The van der Waals surface area contributed by atoms with E-state index in [1.165, 1.54) is 6.20 Å². The van der Waals surface area contributed by atoms with Gasteiger partial charge >= 0.3 is 0 Å². The molecular formula is C7H7BrF2N2O. The van der Waals surface area contributed by atoms with Crippen LogP contribution in [0.3, 0.4) is 0 Å². The Morgan fingerprint density at radius 3 is 2.69 bits per heavy atom. The van der Waals surface area contributed by atoms with Crippen molar-refractivity contribution in [2.75, 3.05) is 5.73 Å². The number of nitrogen functional groups attached to an aromatic ring is 1. The van der Waals surface area contributed by atoms with Crippen molar-refractivity contribution >= 4 is 21.7 Å². The second-order valence-electron chi connectivity index (χ2n) is 2.40. The van der Waals surface area contributed by atoms with Crippen LogP contribution < -0.4 is 11.2 Å². The number of H-pyrrole nitrogens is 1. The lowest BCUT2D eigenvalue weighted by atomic mass is 10.2. The van der Waals surface area contributed by atoms with Gasteiger partial charge in [-0.25, -0.2) is 8.78 Å². The van der Waals surface area contributed by atoms with Crippen molar-refractivity contribution in [2.45, 2.75) is 11.8 Å². The molecule has 1 aromatic heterocycles. The average molecular weight is 253 g/mol. The molecule has 0 aliphatic heterocycles. The summed E-state index contributed by atoms with van der Waals surface area (Å²) in [5, 5.41) is 0.225.